The fourth-order valence-electron chi connectivity index (χ4n) is 1.91. The second-order valence-electron chi connectivity index (χ2n) is 4.86. The van der Waals surface area contributed by atoms with Gasteiger partial charge in [-0.1, -0.05) is 27.7 Å². The van der Waals surface area contributed by atoms with E-state index >= 15 is 0 Å². The van der Waals surface area contributed by atoms with Crippen LogP contribution in [0.2, 0.25) is 0 Å². The van der Waals surface area contributed by atoms with Crippen molar-refractivity contribution in [1.82, 2.24) is 4.57 Å². The number of nitrogens with zero attached hydrogens (tertiary/aromatic N) is 1. The number of hydrogen-bond acceptors (Lipinski definition) is 0. The van der Waals surface area contributed by atoms with Gasteiger partial charge in [-0.25, -0.2) is 0 Å². The molecule has 0 aliphatic carbocycles. The van der Waals surface area contributed by atoms with Crippen LogP contribution in [0.25, 0.3) is 6.20 Å². The molecule has 0 unspecified atom stereocenters. The zero-order valence-electron chi connectivity index (χ0n) is 9.54. The van der Waals surface area contributed by atoms with Crippen LogP contribution in [0.1, 0.15) is 44.9 Å². The Labute approximate surface area is 86.4 Å². The quantitative estimate of drug-likeness (QED) is 0.669. The molecule has 1 aromatic heterocycles. The van der Waals surface area contributed by atoms with E-state index in [1.54, 1.807) is 5.57 Å². The number of fused-ring (bicyclic) bond motifs is 1. The van der Waals surface area contributed by atoms with Crippen molar-refractivity contribution < 1.29 is 0 Å². The maximum atomic E-state index is 2.34. The van der Waals surface area contributed by atoms with Gasteiger partial charge in [-0.2, -0.15) is 0 Å². The van der Waals surface area contributed by atoms with Crippen molar-refractivity contribution in [3.8, 4) is 0 Å². The number of aromatic nitrogens is 1. The van der Waals surface area contributed by atoms with E-state index in [2.05, 4.69) is 50.7 Å². The highest BCUT2D eigenvalue weighted by molar-refractivity contribution is 5.46. The molecular formula is C13H19N. The summed E-state index contributed by atoms with van der Waals surface area (Å²) in [6.45, 7) is 9.03. The van der Waals surface area contributed by atoms with Crippen LogP contribution in [-0.2, 0) is 6.42 Å². The zero-order chi connectivity index (χ0) is 10.3. The van der Waals surface area contributed by atoms with Gasteiger partial charge in [-0.15, -0.1) is 0 Å². The van der Waals surface area contributed by atoms with Gasteiger partial charge in [0, 0.05) is 24.5 Å². The van der Waals surface area contributed by atoms with E-state index in [-0.39, 0.29) is 0 Å². The molecule has 1 heteroatoms. The summed E-state index contributed by atoms with van der Waals surface area (Å²) in [6.07, 6.45) is 5.71. The molecule has 76 valence electrons. The molecule has 0 N–H and O–H groups in total. The van der Waals surface area contributed by atoms with Crippen molar-refractivity contribution >= 4 is 6.20 Å². The predicted molar refractivity (Wildman–Crippen MR) is 61.3 cm³/mol. The van der Waals surface area contributed by atoms with E-state index < -0.39 is 0 Å². The van der Waals surface area contributed by atoms with Crippen LogP contribution in [0.4, 0.5) is 0 Å². The monoisotopic (exact) mass is 189 g/mol. The molecule has 0 fully saturated rings. The Morgan fingerprint density at radius 2 is 1.86 bits per heavy atom. The average molecular weight is 189 g/mol. The molecule has 1 aliphatic rings. The standard InChI is InChI=1S/C13H19N/c1-9(2)11-5-13-6-12(10(3)4)8-14(13)7-11/h5,7-10H,6H2,1-4H3. The molecule has 0 amide bonds. The molecule has 0 spiro atoms. The summed E-state index contributed by atoms with van der Waals surface area (Å²) in [5.74, 6) is 1.32. The fraction of sp³-hybridized carbons (Fsp3) is 0.538. The zero-order valence-corrected chi connectivity index (χ0v) is 9.54. The molecule has 0 radical (unpaired) electrons. The molecule has 0 atom stereocenters. The minimum atomic E-state index is 0.643. The molecule has 0 saturated carbocycles. The summed E-state index contributed by atoms with van der Waals surface area (Å²) in [4.78, 5) is 0. The van der Waals surface area contributed by atoms with Gasteiger partial charge in [0.15, 0.2) is 0 Å². The lowest BCUT2D eigenvalue weighted by molar-refractivity contribution is 0.754. The minimum Gasteiger partial charge on any atom is -0.327 e. The molecule has 14 heavy (non-hydrogen) atoms. The van der Waals surface area contributed by atoms with Crippen molar-refractivity contribution in [3.05, 3.63) is 29.1 Å². The van der Waals surface area contributed by atoms with Crippen LogP contribution in [0.15, 0.2) is 17.8 Å². The van der Waals surface area contributed by atoms with Crippen LogP contribution in [0, 0.1) is 5.92 Å². The van der Waals surface area contributed by atoms with E-state index in [1.165, 1.54) is 11.3 Å². The lowest BCUT2D eigenvalue weighted by Gasteiger charge is -2.04. The summed E-state index contributed by atoms with van der Waals surface area (Å²) in [6, 6.07) is 2.34. The van der Waals surface area contributed by atoms with Crippen LogP contribution in [0.3, 0.4) is 0 Å². The largest absolute Gasteiger partial charge is 0.327 e. The van der Waals surface area contributed by atoms with Gasteiger partial charge in [0.05, 0.1) is 0 Å². The van der Waals surface area contributed by atoms with Crippen molar-refractivity contribution in [2.45, 2.75) is 40.0 Å². The molecule has 1 aromatic rings. The molecule has 0 saturated heterocycles. The first-order valence-corrected chi connectivity index (χ1v) is 5.49. The van der Waals surface area contributed by atoms with Gasteiger partial charge < -0.3 is 4.57 Å². The van der Waals surface area contributed by atoms with Gasteiger partial charge in [0.1, 0.15) is 0 Å². The van der Waals surface area contributed by atoms with Crippen LogP contribution in [0.5, 0.6) is 0 Å². The van der Waals surface area contributed by atoms with E-state index in [0.29, 0.717) is 11.8 Å². The van der Waals surface area contributed by atoms with E-state index in [1.807, 2.05) is 0 Å². The van der Waals surface area contributed by atoms with Crippen molar-refractivity contribution in [2.24, 2.45) is 5.92 Å². The average Bonchev–Trinajstić information content (AvgIpc) is 2.57. The third kappa shape index (κ3) is 1.52. The Balaban J connectivity index is 2.28. The van der Waals surface area contributed by atoms with Crippen LogP contribution >= 0.6 is 0 Å². The summed E-state index contributed by atoms with van der Waals surface area (Å²) in [7, 11) is 0. The summed E-state index contributed by atoms with van der Waals surface area (Å²) in [5.41, 5.74) is 4.46. The van der Waals surface area contributed by atoms with Gasteiger partial charge in [0.2, 0.25) is 0 Å². The highest BCUT2D eigenvalue weighted by Gasteiger charge is 2.16. The molecule has 1 nitrogen and oxygen atoms in total. The second-order valence-corrected chi connectivity index (χ2v) is 4.86. The summed E-state index contributed by atoms with van der Waals surface area (Å²) >= 11 is 0. The Morgan fingerprint density at radius 3 is 2.36 bits per heavy atom. The smallest absolute Gasteiger partial charge is 0.0265 e. The first kappa shape index (κ1) is 9.57. The van der Waals surface area contributed by atoms with Crippen molar-refractivity contribution in [1.29, 1.82) is 0 Å². The molecular weight excluding hydrogens is 170 g/mol. The topological polar surface area (TPSA) is 4.93 Å². The highest BCUT2D eigenvalue weighted by Crippen LogP contribution is 2.28. The summed E-state index contributed by atoms with van der Waals surface area (Å²) < 4.78 is 2.30. The maximum Gasteiger partial charge on any atom is 0.0265 e. The van der Waals surface area contributed by atoms with Gasteiger partial charge >= 0.3 is 0 Å². The predicted octanol–water partition coefficient (Wildman–Crippen LogP) is 3.66. The minimum absolute atomic E-state index is 0.643. The molecule has 1 aliphatic heterocycles. The molecule has 0 aromatic carbocycles. The van der Waals surface area contributed by atoms with Gasteiger partial charge in [-0.05, 0) is 29.0 Å². The van der Waals surface area contributed by atoms with Crippen LogP contribution in [-0.4, -0.2) is 4.57 Å². The Morgan fingerprint density at radius 1 is 1.14 bits per heavy atom. The lowest BCUT2D eigenvalue weighted by Crippen LogP contribution is -1.93. The number of rotatable bonds is 2. The van der Waals surface area contributed by atoms with E-state index in [0.717, 1.165) is 6.42 Å². The van der Waals surface area contributed by atoms with E-state index in [9.17, 15) is 0 Å². The Hall–Kier alpha value is -0.980. The number of allylic oxidation sites excluding steroid dienone is 1. The van der Waals surface area contributed by atoms with Crippen LogP contribution < -0.4 is 0 Å². The van der Waals surface area contributed by atoms with Gasteiger partial charge in [0.25, 0.3) is 0 Å². The van der Waals surface area contributed by atoms with Crippen molar-refractivity contribution in [3.63, 3.8) is 0 Å². The van der Waals surface area contributed by atoms with Crippen molar-refractivity contribution in [2.75, 3.05) is 0 Å². The third-order valence-corrected chi connectivity index (χ3v) is 3.05. The fourth-order valence-corrected chi connectivity index (χ4v) is 1.91. The second kappa shape index (κ2) is 3.30. The lowest BCUT2D eigenvalue weighted by atomic mass is 10.0. The Kier molecular flexibility index (Phi) is 2.26. The number of hydrogen-bond donors (Lipinski definition) is 0. The maximum absolute atomic E-state index is 2.34. The first-order chi connectivity index (χ1) is 6.58. The Bertz CT molecular complexity index is 367. The SMILES string of the molecule is CC(C)C1=Cn2cc(C(C)C)cc2C1. The molecule has 2 heterocycles. The molecule has 2 rings (SSSR count). The summed E-state index contributed by atoms with van der Waals surface area (Å²) in [5, 5.41) is 0. The normalized spacial score (nSPS) is 15.1. The van der Waals surface area contributed by atoms with E-state index in [4.69, 9.17) is 0 Å². The highest BCUT2D eigenvalue weighted by atomic mass is 15.0. The molecule has 0 bridgehead atoms. The van der Waals surface area contributed by atoms with Gasteiger partial charge in [-0.3, -0.25) is 0 Å². The third-order valence-electron chi connectivity index (χ3n) is 3.05. The first-order valence-electron chi connectivity index (χ1n) is 5.49.